The Balaban J connectivity index is 2.02. The molecule has 0 spiro atoms. The van der Waals surface area contributed by atoms with Gasteiger partial charge in [-0.25, -0.2) is 0 Å². The molecule has 0 N–H and O–H groups in total. The second kappa shape index (κ2) is 9.15. The van der Waals surface area contributed by atoms with Gasteiger partial charge in [-0.3, -0.25) is 0 Å². The van der Waals surface area contributed by atoms with Gasteiger partial charge in [0.25, 0.3) is 0 Å². The van der Waals surface area contributed by atoms with Crippen LogP contribution in [-0.4, -0.2) is 0 Å². The number of benzene rings is 5. The first-order valence-electron chi connectivity index (χ1n) is 12.0. The van der Waals surface area contributed by atoms with Crippen LogP contribution in [0.25, 0.3) is 44.5 Å². The lowest BCUT2D eigenvalue weighted by Crippen LogP contribution is -2.14. The van der Waals surface area contributed by atoms with Gasteiger partial charge in [-0.1, -0.05) is 142 Å². The Kier molecular flexibility index (Phi) is 5.90. The Morgan fingerprint density at radius 1 is 0.382 bits per heavy atom. The van der Waals surface area contributed by atoms with Crippen LogP contribution in [0, 0.1) is 0 Å². The molecule has 0 heteroatoms. The lowest BCUT2D eigenvalue weighted by Gasteiger charge is -2.30. The van der Waals surface area contributed by atoms with E-state index in [0.717, 1.165) is 0 Å². The van der Waals surface area contributed by atoms with E-state index in [1.165, 1.54) is 50.1 Å². The van der Waals surface area contributed by atoms with Crippen molar-refractivity contribution in [3.8, 4) is 44.5 Å². The summed E-state index contributed by atoms with van der Waals surface area (Å²) in [6.07, 6.45) is 0. The maximum absolute atomic E-state index is 2.44. The molecule has 0 aliphatic rings. The quantitative estimate of drug-likeness (QED) is 0.262. The van der Waals surface area contributed by atoms with E-state index in [9.17, 15) is 0 Å². The summed E-state index contributed by atoms with van der Waals surface area (Å²) in [6, 6.07) is 45.8. The Bertz CT molecular complexity index is 1380. The van der Waals surface area contributed by atoms with Crippen molar-refractivity contribution in [2.75, 3.05) is 0 Å². The fourth-order valence-electron chi connectivity index (χ4n) is 4.82. The van der Waals surface area contributed by atoms with Crippen molar-refractivity contribution >= 4 is 0 Å². The topological polar surface area (TPSA) is 0 Å². The third-order valence-corrected chi connectivity index (χ3v) is 6.41. The van der Waals surface area contributed by atoms with Crippen LogP contribution in [0.1, 0.15) is 26.3 Å². The zero-order chi connectivity index (χ0) is 23.5. The summed E-state index contributed by atoms with van der Waals surface area (Å²) in [7, 11) is 0. The van der Waals surface area contributed by atoms with Crippen molar-refractivity contribution < 1.29 is 0 Å². The zero-order valence-corrected chi connectivity index (χ0v) is 20.1. The Hall–Kier alpha value is -3.90. The van der Waals surface area contributed by atoms with Gasteiger partial charge >= 0.3 is 0 Å². The van der Waals surface area contributed by atoms with Crippen molar-refractivity contribution in [3.05, 3.63) is 133 Å². The SMILES string of the molecule is CC(C)(C)c1cc(-c2ccccc2)c(-c2ccccc2)c(-c2ccccc2)c1-c1ccccc1. The summed E-state index contributed by atoms with van der Waals surface area (Å²) >= 11 is 0. The largest absolute Gasteiger partial charge is 0.0622 e. The summed E-state index contributed by atoms with van der Waals surface area (Å²) in [5, 5.41) is 0. The van der Waals surface area contributed by atoms with Crippen LogP contribution in [0.3, 0.4) is 0 Å². The number of hydrogen-bond donors (Lipinski definition) is 0. The van der Waals surface area contributed by atoms with E-state index in [-0.39, 0.29) is 5.41 Å². The predicted molar refractivity (Wildman–Crippen MR) is 147 cm³/mol. The first-order chi connectivity index (χ1) is 16.5. The first kappa shape index (κ1) is 21.9. The number of hydrogen-bond acceptors (Lipinski definition) is 0. The molecule has 0 saturated heterocycles. The molecule has 0 bridgehead atoms. The molecule has 0 aromatic heterocycles. The zero-order valence-electron chi connectivity index (χ0n) is 20.1. The van der Waals surface area contributed by atoms with E-state index < -0.39 is 0 Å². The molecule has 0 aliphatic carbocycles. The molecule has 0 aliphatic heterocycles. The Morgan fingerprint density at radius 2 is 0.735 bits per heavy atom. The van der Waals surface area contributed by atoms with Crippen LogP contribution in [0.5, 0.6) is 0 Å². The molecule has 34 heavy (non-hydrogen) atoms. The van der Waals surface area contributed by atoms with E-state index in [4.69, 9.17) is 0 Å². The number of rotatable bonds is 4. The maximum atomic E-state index is 2.44. The van der Waals surface area contributed by atoms with Crippen LogP contribution in [0.15, 0.2) is 127 Å². The van der Waals surface area contributed by atoms with Crippen LogP contribution in [0.4, 0.5) is 0 Å². The fraction of sp³-hybridized carbons (Fsp3) is 0.118. The van der Waals surface area contributed by atoms with E-state index in [1.54, 1.807) is 0 Å². The van der Waals surface area contributed by atoms with Crippen LogP contribution in [0.2, 0.25) is 0 Å². The minimum Gasteiger partial charge on any atom is -0.0622 e. The predicted octanol–water partition coefficient (Wildman–Crippen LogP) is 9.65. The van der Waals surface area contributed by atoms with Gasteiger partial charge in [-0.15, -0.1) is 0 Å². The molecule has 5 aromatic rings. The van der Waals surface area contributed by atoms with Crippen LogP contribution in [-0.2, 0) is 5.41 Å². The Morgan fingerprint density at radius 3 is 1.15 bits per heavy atom. The van der Waals surface area contributed by atoms with Crippen molar-refractivity contribution in [1.82, 2.24) is 0 Å². The highest BCUT2D eigenvalue weighted by Gasteiger charge is 2.27. The third kappa shape index (κ3) is 4.20. The van der Waals surface area contributed by atoms with Gasteiger partial charge in [0.15, 0.2) is 0 Å². The van der Waals surface area contributed by atoms with Gasteiger partial charge in [0, 0.05) is 0 Å². The molecule has 0 radical (unpaired) electrons. The highest BCUT2D eigenvalue weighted by Crippen LogP contribution is 2.49. The van der Waals surface area contributed by atoms with Gasteiger partial charge in [-0.2, -0.15) is 0 Å². The average Bonchev–Trinajstić information content (AvgIpc) is 2.89. The third-order valence-electron chi connectivity index (χ3n) is 6.41. The van der Waals surface area contributed by atoms with Crippen molar-refractivity contribution in [2.45, 2.75) is 26.2 Å². The lowest BCUT2D eigenvalue weighted by molar-refractivity contribution is 0.592. The minimum atomic E-state index is -0.0343. The highest BCUT2D eigenvalue weighted by atomic mass is 14.3. The van der Waals surface area contributed by atoms with Gasteiger partial charge in [0.1, 0.15) is 0 Å². The molecule has 0 saturated carbocycles. The molecule has 5 aromatic carbocycles. The highest BCUT2D eigenvalue weighted by molar-refractivity contribution is 6.03. The van der Waals surface area contributed by atoms with Crippen LogP contribution >= 0.6 is 0 Å². The van der Waals surface area contributed by atoms with Gasteiger partial charge in [0.2, 0.25) is 0 Å². The monoisotopic (exact) mass is 438 g/mol. The summed E-state index contributed by atoms with van der Waals surface area (Å²) in [6.45, 7) is 6.96. The maximum Gasteiger partial charge on any atom is -0.00176 e. The van der Waals surface area contributed by atoms with Crippen molar-refractivity contribution in [3.63, 3.8) is 0 Å². The normalized spacial score (nSPS) is 11.4. The summed E-state index contributed by atoms with van der Waals surface area (Å²) < 4.78 is 0. The molecule has 5 rings (SSSR count). The standard InChI is InChI=1S/C34H30/c1-34(2,3)30-24-29(25-16-8-4-9-17-25)31(26-18-10-5-11-19-26)33(28-22-14-7-15-23-28)32(30)27-20-12-6-13-21-27/h4-24H,1-3H3. The minimum absolute atomic E-state index is 0.0343. The molecule has 0 heterocycles. The van der Waals surface area contributed by atoms with Crippen molar-refractivity contribution in [2.24, 2.45) is 0 Å². The van der Waals surface area contributed by atoms with Gasteiger partial charge < -0.3 is 0 Å². The molecule has 0 fully saturated rings. The first-order valence-corrected chi connectivity index (χ1v) is 12.0. The second-order valence-electron chi connectivity index (χ2n) is 9.81. The molecule has 166 valence electrons. The second-order valence-corrected chi connectivity index (χ2v) is 9.81. The molecule has 0 unspecified atom stereocenters. The van der Waals surface area contributed by atoms with Gasteiger partial charge in [0.05, 0.1) is 0 Å². The lowest BCUT2D eigenvalue weighted by atomic mass is 9.74. The summed E-state index contributed by atoms with van der Waals surface area (Å²) in [5.41, 5.74) is 11.5. The molecular weight excluding hydrogens is 408 g/mol. The molecule has 0 atom stereocenters. The van der Waals surface area contributed by atoms with Crippen LogP contribution < -0.4 is 0 Å². The van der Waals surface area contributed by atoms with E-state index in [1.807, 2.05) is 0 Å². The average molecular weight is 439 g/mol. The van der Waals surface area contributed by atoms with Gasteiger partial charge in [-0.05, 0) is 61.6 Å². The van der Waals surface area contributed by atoms with Crippen molar-refractivity contribution in [1.29, 1.82) is 0 Å². The van der Waals surface area contributed by atoms with E-state index in [0.29, 0.717) is 0 Å². The van der Waals surface area contributed by atoms with E-state index >= 15 is 0 Å². The summed E-state index contributed by atoms with van der Waals surface area (Å²) in [5.74, 6) is 0. The smallest absolute Gasteiger partial charge is 0.00176 e. The molecule has 0 amide bonds. The molecule has 0 nitrogen and oxygen atoms in total. The molecular formula is C34H30. The Labute approximate surface area is 203 Å². The summed E-state index contributed by atoms with van der Waals surface area (Å²) in [4.78, 5) is 0. The fourth-order valence-corrected chi connectivity index (χ4v) is 4.82. The van der Waals surface area contributed by atoms with E-state index in [2.05, 4.69) is 148 Å².